The number of fused-ring (bicyclic) bond motifs is 1. The van der Waals surface area contributed by atoms with Crippen molar-refractivity contribution < 1.29 is 0 Å². The van der Waals surface area contributed by atoms with E-state index < -0.39 is 0 Å². The number of aromatic nitrogens is 2. The summed E-state index contributed by atoms with van der Waals surface area (Å²) in [5.74, 6) is 0.365. The van der Waals surface area contributed by atoms with Crippen molar-refractivity contribution in [2.75, 3.05) is 5.32 Å². The number of H-pyrrole nitrogens is 1. The summed E-state index contributed by atoms with van der Waals surface area (Å²) in [6.07, 6.45) is 2.00. The van der Waals surface area contributed by atoms with Crippen molar-refractivity contribution in [3.05, 3.63) is 71.2 Å². The third kappa shape index (κ3) is 4.30. The molecule has 0 atom stereocenters. The quantitative estimate of drug-likeness (QED) is 0.336. The molecule has 4 N–H and O–H groups in total. The minimum atomic E-state index is 0. The van der Waals surface area contributed by atoms with E-state index in [2.05, 4.69) is 45.4 Å². The minimum absolute atomic E-state index is 0. The van der Waals surface area contributed by atoms with Gasteiger partial charge in [0.15, 0.2) is 11.1 Å². The molecule has 0 saturated carbocycles. The van der Waals surface area contributed by atoms with E-state index in [-0.39, 0.29) is 12.4 Å². The number of nitrogens with zero attached hydrogens (tertiary/aromatic N) is 2. The first-order valence-electron chi connectivity index (χ1n) is 8.33. The molecule has 0 aliphatic rings. The summed E-state index contributed by atoms with van der Waals surface area (Å²) in [4.78, 5) is 12.3. The van der Waals surface area contributed by atoms with Crippen molar-refractivity contribution in [2.45, 2.75) is 13.5 Å². The predicted octanol–water partition coefficient (Wildman–Crippen LogP) is 4.95. The van der Waals surface area contributed by atoms with Gasteiger partial charge in [0, 0.05) is 28.0 Å². The number of aromatic amines is 1. The van der Waals surface area contributed by atoms with Crippen LogP contribution in [0.25, 0.3) is 22.2 Å². The number of thiazole rings is 1. The Hall–Kier alpha value is -2.83. The highest BCUT2D eigenvalue weighted by Crippen LogP contribution is 2.31. The Balaban J connectivity index is 0.00000210. The zero-order valence-corrected chi connectivity index (χ0v) is 16.4. The van der Waals surface area contributed by atoms with E-state index in [0.29, 0.717) is 12.5 Å². The topological polar surface area (TPSA) is 79.1 Å². The number of benzene rings is 2. The molecule has 0 saturated heterocycles. The Morgan fingerprint density at radius 3 is 2.85 bits per heavy atom. The molecular weight excluding hydrogens is 378 g/mol. The Bertz CT molecular complexity index is 1070. The summed E-state index contributed by atoms with van der Waals surface area (Å²) in [6.45, 7) is 2.63. The van der Waals surface area contributed by atoms with Gasteiger partial charge in [-0.2, -0.15) is 0 Å². The summed E-state index contributed by atoms with van der Waals surface area (Å²) >= 11 is 1.51. The molecule has 0 bridgehead atoms. The van der Waals surface area contributed by atoms with E-state index in [1.54, 1.807) is 0 Å². The molecule has 0 fully saturated rings. The van der Waals surface area contributed by atoms with E-state index in [1.807, 2.05) is 41.9 Å². The molecule has 4 rings (SSSR count). The monoisotopic (exact) mass is 397 g/mol. The Kier molecular flexibility index (Phi) is 5.78. The lowest BCUT2D eigenvalue weighted by molar-refractivity contribution is 1.06. The summed E-state index contributed by atoms with van der Waals surface area (Å²) in [5.41, 5.74) is 11.5. The van der Waals surface area contributed by atoms with E-state index in [1.165, 1.54) is 16.9 Å². The smallest absolute Gasteiger partial charge is 0.195 e. The number of hydrogen-bond donors (Lipinski definition) is 3. The molecule has 0 aliphatic heterocycles. The second-order valence-electron chi connectivity index (χ2n) is 6.10. The zero-order chi connectivity index (χ0) is 17.9. The van der Waals surface area contributed by atoms with Crippen LogP contribution in [-0.4, -0.2) is 15.9 Å². The molecule has 5 nitrogen and oxygen atoms in total. The highest BCUT2D eigenvalue weighted by atomic mass is 35.5. The number of aliphatic imine (C=N–C) groups is 1. The number of nitrogens with one attached hydrogen (secondary N) is 2. The van der Waals surface area contributed by atoms with Gasteiger partial charge in [-0.3, -0.25) is 0 Å². The molecule has 2 aromatic heterocycles. The van der Waals surface area contributed by atoms with Crippen molar-refractivity contribution in [3.63, 3.8) is 0 Å². The summed E-state index contributed by atoms with van der Waals surface area (Å²) in [7, 11) is 0. The SMILES string of the molecule is Cc1ccc2c(-c3csc(NC(N)=NCc4ccccc4)n3)c[nH]c2c1.Cl. The van der Waals surface area contributed by atoms with Crippen LogP contribution in [0, 0.1) is 6.92 Å². The third-order valence-corrected chi connectivity index (χ3v) is 4.88. The molecule has 4 aromatic rings. The molecule has 0 spiro atoms. The molecule has 2 heterocycles. The lowest BCUT2D eigenvalue weighted by atomic mass is 10.1. The fourth-order valence-electron chi connectivity index (χ4n) is 2.82. The highest BCUT2D eigenvalue weighted by Gasteiger charge is 2.10. The molecule has 27 heavy (non-hydrogen) atoms. The van der Waals surface area contributed by atoms with Crippen molar-refractivity contribution >= 4 is 45.7 Å². The molecular formula is C20H20ClN5S. The van der Waals surface area contributed by atoms with Crippen LogP contribution in [0.2, 0.25) is 0 Å². The first kappa shape index (κ1) is 18.9. The van der Waals surface area contributed by atoms with Crippen molar-refractivity contribution in [2.24, 2.45) is 10.7 Å². The van der Waals surface area contributed by atoms with Crippen LogP contribution in [0.5, 0.6) is 0 Å². The van der Waals surface area contributed by atoms with E-state index in [4.69, 9.17) is 5.73 Å². The van der Waals surface area contributed by atoms with Crippen LogP contribution in [0.15, 0.2) is 65.1 Å². The number of nitrogens with two attached hydrogens (primary N) is 1. The Morgan fingerprint density at radius 1 is 1.22 bits per heavy atom. The van der Waals surface area contributed by atoms with Crippen molar-refractivity contribution in [1.82, 2.24) is 9.97 Å². The van der Waals surface area contributed by atoms with Crippen molar-refractivity contribution in [3.8, 4) is 11.3 Å². The largest absolute Gasteiger partial charge is 0.370 e. The Morgan fingerprint density at radius 2 is 2.04 bits per heavy atom. The first-order chi connectivity index (χ1) is 12.7. The minimum Gasteiger partial charge on any atom is -0.370 e. The summed E-state index contributed by atoms with van der Waals surface area (Å²) in [5, 5.41) is 7.00. The number of hydrogen-bond acceptors (Lipinski definition) is 3. The summed E-state index contributed by atoms with van der Waals surface area (Å²) < 4.78 is 0. The van der Waals surface area contributed by atoms with Crippen LogP contribution in [0.1, 0.15) is 11.1 Å². The predicted molar refractivity (Wildman–Crippen MR) is 117 cm³/mol. The van der Waals surface area contributed by atoms with Gasteiger partial charge in [-0.15, -0.1) is 23.7 Å². The van der Waals surface area contributed by atoms with Crippen molar-refractivity contribution in [1.29, 1.82) is 0 Å². The van der Waals surface area contributed by atoms with Gasteiger partial charge in [0.25, 0.3) is 0 Å². The van der Waals surface area contributed by atoms with E-state index in [9.17, 15) is 0 Å². The van der Waals surface area contributed by atoms with E-state index >= 15 is 0 Å². The molecule has 0 radical (unpaired) electrons. The molecule has 2 aromatic carbocycles. The number of halogens is 1. The second kappa shape index (κ2) is 8.24. The number of rotatable bonds is 4. The standard InChI is InChI=1S/C20H19N5S.ClH/c1-13-7-8-15-16(11-22-17(15)9-13)18-12-26-20(24-18)25-19(21)23-10-14-5-3-2-4-6-14;/h2-9,11-12,22H,10H2,1H3,(H3,21,23,24,25);1H. The maximum Gasteiger partial charge on any atom is 0.195 e. The van der Waals surface area contributed by atoms with Crippen LogP contribution in [0.4, 0.5) is 5.13 Å². The normalized spacial score (nSPS) is 11.4. The number of guanidine groups is 1. The molecule has 0 aliphatic carbocycles. The maximum absolute atomic E-state index is 5.99. The molecule has 7 heteroatoms. The van der Waals surface area contributed by atoms with Gasteiger partial charge in [0.1, 0.15) is 0 Å². The number of anilines is 1. The fourth-order valence-corrected chi connectivity index (χ4v) is 3.53. The summed E-state index contributed by atoms with van der Waals surface area (Å²) in [6, 6.07) is 16.4. The van der Waals surface area contributed by atoms with Gasteiger partial charge in [-0.25, -0.2) is 9.98 Å². The van der Waals surface area contributed by atoms with E-state index in [0.717, 1.165) is 32.9 Å². The third-order valence-electron chi connectivity index (χ3n) is 4.13. The van der Waals surface area contributed by atoms with Crippen LogP contribution >= 0.6 is 23.7 Å². The molecule has 0 amide bonds. The average Bonchev–Trinajstić information content (AvgIpc) is 3.27. The van der Waals surface area contributed by atoms with Gasteiger partial charge >= 0.3 is 0 Å². The van der Waals surface area contributed by atoms with Gasteiger partial charge in [-0.1, -0.05) is 42.5 Å². The number of aryl methyl sites for hydroxylation is 1. The van der Waals surface area contributed by atoms with Crippen LogP contribution in [0.3, 0.4) is 0 Å². The van der Waals surface area contributed by atoms with Gasteiger partial charge in [0.2, 0.25) is 0 Å². The highest BCUT2D eigenvalue weighted by molar-refractivity contribution is 7.14. The first-order valence-corrected chi connectivity index (χ1v) is 9.21. The van der Waals surface area contributed by atoms with Gasteiger partial charge in [0.05, 0.1) is 12.2 Å². The molecule has 138 valence electrons. The fraction of sp³-hybridized carbons (Fsp3) is 0.100. The lowest BCUT2D eigenvalue weighted by Gasteiger charge is -2.02. The zero-order valence-electron chi connectivity index (χ0n) is 14.8. The van der Waals surface area contributed by atoms with Crippen LogP contribution < -0.4 is 11.1 Å². The van der Waals surface area contributed by atoms with Gasteiger partial charge < -0.3 is 16.0 Å². The Labute approximate surface area is 167 Å². The lowest BCUT2D eigenvalue weighted by Crippen LogP contribution is -2.22. The second-order valence-corrected chi connectivity index (χ2v) is 6.96. The van der Waals surface area contributed by atoms with Crippen LogP contribution in [-0.2, 0) is 6.54 Å². The molecule has 0 unspecified atom stereocenters. The maximum atomic E-state index is 5.99. The average molecular weight is 398 g/mol. The van der Waals surface area contributed by atoms with Gasteiger partial charge in [-0.05, 0) is 24.1 Å².